The molecule has 1 atom stereocenters. The number of hydrogen-bond acceptors (Lipinski definition) is 2. The normalized spacial score (nSPS) is 13.5. The molecule has 1 aromatic heterocycles. The van der Waals surface area contributed by atoms with Crippen molar-refractivity contribution in [3.8, 4) is 0 Å². The van der Waals surface area contributed by atoms with Crippen molar-refractivity contribution in [3.05, 3.63) is 14.7 Å². The van der Waals surface area contributed by atoms with Gasteiger partial charge in [-0.2, -0.15) is 0 Å². The highest BCUT2D eigenvalue weighted by Gasteiger charge is 2.07. The average Bonchev–Trinajstić information content (AvgIpc) is 2.10. The first-order valence-electron chi connectivity index (χ1n) is 2.48. The van der Waals surface area contributed by atoms with Crippen LogP contribution in [0.5, 0.6) is 0 Å². The van der Waals surface area contributed by atoms with Gasteiger partial charge in [-0.1, -0.05) is 0 Å². The van der Waals surface area contributed by atoms with Crippen molar-refractivity contribution in [2.45, 2.75) is 11.8 Å². The first-order chi connectivity index (χ1) is 4.61. The van der Waals surface area contributed by atoms with Gasteiger partial charge in [-0.15, -0.1) is 11.3 Å². The van der Waals surface area contributed by atoms with Gasteiger partial charge in [-0.3, -0.25) is 0 Å². The highest BCUT2D eigenvalue weighted by Crippen LogP contribution is 2.27. The molecule has 2 nitrogen and oxygen atoms in total. The molecule has 1 rings (SSSR count). The molecule has 0 radical (unpaired) electrons. The van der Waals surface area contributed by atoms with Crippen molar-refractivity contribution in [2.24, 2.45) is 0 Å². The van der Waals surface area contributed by atoms with Gasteiger partial charge >= 0.3 is 0 Å². The molecular weight excluding hydrogens is 236 g/mol. The Kier molecular flexibility index (Phi) is 2.62. The number of rotatable bonds is 1. The van der Waals surface area contributed by atoms with Crippen molar-refractivity contribution in [3.63, 3.8) is 0 Å². The molecular formula is C5H5BrO2S2. The van der Waals surface area contributed by atoms with Gasteiger partial charge in [-0.05, 0) is 28.9 Å². The van der Waals surface area contributed by atoms with Gasteiger partial charge in [0.25, 0.3) is 0 Å². The summed E-state index contributed by atoms with van der Waals surface area (Å²) in [5.41, 5.74) is 0. The number of hydrogen-bond donors (Lipinski definition) is 1. The lowest BCUT2D eigenvalue weighted by Gasteiger charge is -1.87. The van der Waals surface area contributed by atoms with Crippen molar-refractivity contribution < 1.29 is 8.76 Å². The summed E-state index contributed by atoms with van der Waals surface area (Å²) in [5, 5.41) is 0. The second kappa shape index (κ2) is 3.13. The van der Waals surface area contributed by atoms with E-state index in [1.54, 1.807) is 6.07 Å². The summed E-state index contributed by atoms with van der Waals surface area (Å²) < 4.78 is 20.1. The van der Waals surface area contributed by atoms with E-state index in [9.17, 15) is 4.21 Å². The van der Waals surface area contributed by atoms with E-state index in [-0.39, 0.29) is 0 Å². The molecule has 1 heterocycles. The molecule has 0 saturated heterocycles. The largest absolute Gasteiger partial charge is 0.302 e. The van der Waals surface area contributed by atoms with Crippen LogP contribution in [0.25, 0.3) is 0 Å². The molecule has 0 fully saturated rings. The Morgan fingerprint density at radius 1 is 1.80 bits per heavy atom. The SMILES string of the molecule is Cc1sc(Br)cc1S(=O)O. The third-order valence-electron chi connectivity index (χ3n) is 1.03. The maximum absolute atomic E-state index is 10.5. The Morgan fingerprint density at radius 2 is 2.40 bits per heavy atom. The summed E-state index contributed by atoms with van der Waals surface area (Å²) in [5.74, 6) is 0. The maximum atomic E-state index is 10.5. The fraction of sp³-hybridized carbons (Fsp3) is 0.200. The van der Waals surface area contributed by atoms with Gasteiger partial charge in [0.1, 0.15) is 0 Å². The molecule has 0 aliphatic heterocycles. The van der Waals surface area contributed by atoms with Crippen molar-refractivity contribution in [1.82, 2.24) is 0 Å². The molecule has 0 aliphatic rings. The van der Waals surface area contributed by atoms with Crippen LogP contribution in [0, 0.1) is 6.92 Å². The zero-order valence-corrected chi connectivity index (χ0v) is 8.35. The van der Waals surface area contributed by atoms with E-state index in [1.807, 2.05) is 6.92 Å². The minimum absolute atomic E-state index is 0.497. The lowest BCUT2D eigenvalue weighted by Crippen LogP contribution is -1.85. The third-order valence-corrected chi connectivity index (χ3v) is 3.51. The molecule has 1 N–H and O–H groups in total. The van der Waals surface area contributed by atoms with Gasteiger partial charge in [-0.25, -0.2) is 4.21 Å². The van der Waals surface area contributed by atoms with Crippen LogP contribution < -0.4 is 0 Å². The lowest BCUT2D eigenvalue weighted by molar-refractivity contribution is 0.564. The maximum Gasteiger partial charge on any atom is 0.187 e. The fourth-order valence-corrected chi connectivity index (χ4v) is 3.22. The van der Waals surface area contributed by atoms with Gasteiger partial charge < -0.3 is 4.55 Å². The van der Waals surface area contributed by atoms with Crippen LogP contribution in [0.15, 0.2) is 14.7 Å². The highest BCUT2D eigenvalue weighted by molar-refractivity contribution is 9.11. The molecule has 5 heteroatoms. The molecule has 0 aromatic carbocycles. The van der Waals surface area contributed by atoms with Crippen LogP contribution in [-0.2, 0) is 11.1 Å². The molecule has 0 saturated carbocycles. The number of thiophene rings is 1. The predicted molar refractivity (Wildman–Crippen MR) is 45.8 cm³/mol. The third kappa shape index (κ3) is 1.66. The van der Waals surface area contributed by atoms with E-state index in [0.29, 0.717) is 4.90 Å². The molecule has 0 amide bonds. The lowest BCUT2D eigenvalue weighted by atomic mass is 10.5. The van der Waals surface area contributed by atoms with Crippen molar-refractivity contribution in [2.75, 3.05) is 0 Å². The van der Waals surface area contributed by atoms with Crippen LogP contribution in [0.3, 0.4) is 0 Å². The van der Waals surface area contributed by atoms with E-state index in [4.69, 9.17) is 4.55 Å². The van der Waals surface area contributed by atoms with Gasteiger partial charge in [0.2, 0.25) is 0 Å². The molecule has 10 heavy (non-hydrogen) atoms. The Bertz CT molecular complexity index is 269. The van der Waals surface area contributed by atoms with E-state index in [2.05, 4.69) is 15.9 Å². The fourth-order valence-electron chi connectivity index (χ4n) is 0.604. The summed E-state index contributed by atoms with van der Waals surface area (Å²) in [4.78, 5) is 1.38. The minimum Gasteiger partial charge on any atom is -0.302 e. The summed E-state index contributed by atoms with van der Waals surface area (Å²) in [6.07, 6.45) is 0. The monoisotopic (exact) mass is 240 g/mol. The number of halogens is 1. The first kappa shape index (κ1) is 8.39. The average molecular weight is 241 g/mol. The molecule has 1 aromatic rings. The summed E-state index contributed by atoms with van der Waals surface area (Å²) in [7, 11) is 0. The molecule has 0 bridgehead atoms. The Morgan fingerprint density at radius 3 is 2.60 bits per heavy atom. The summed E-state index contributed by atoms with van der Waals surface area (Å²) in [6, 6.07) is 1.66. The second-order valence-corrected chi connectivity index (χ2v) is 5.29. The van der Waals surface area contributed by atoms with Crippen LogP contribution >= 0.6 is 27.3 Å². The van der Waals surface area contributed by atoms with Gasteiger partial charge in [0.05, 0.1) is 8.68 Å². The van der Waals surface area contributed by atoms with Crippen LogP contribution in [0.1, 0.15) is 4.88 Å². The minimum atomic E-state index is -1.84. The topological polar surface area (TPSA) is 37.3 Å². The predicted octanol–water partition coefficient (Wildman–Crippen LogP) is 2.40. The van der Waals surface area contributed by atoms with Crippen molar-refractivity contribution in [1.29, 1.82) is 0 Å². The van der Waals surface area contributed by atoms with E-state index in [1.165, 1.54) is 11.3 Å². The Labute approximate surface area is 73.7 Å². The molecule has 1 unspecified atom stereocenters. The Balaban J connectivity index is 3.15. The van der Waals surface area contributed by atoms with Gasteiger partial charge in [0.15, 0.2) is 11.1 Å². The van der Waals surface area contributed by atoms with E-state index >= 15 is 0 Å². The van der Waals surface area contributed by atoms with Crippen LogP contribution in [-0.4, -0.2) is 8.76 Å². The van der Waals surface area contributed by atoms with E-state index < -0.39 is 11.1 Å². The van der Waals surface area contributed by atoms with Gasteiger partial charge in [0, 0.05) is 4.88 Å². The summed E-state index contributed by atoms with van der Waals surface area (Å²) >= 11 is 2.85. The molecule has 56 valence electrons. The zero-order valence-electron chi connectivity index (χ0n) is 5.13. The second-order valence-electron chi connectivity index (χ2n) is 1.72. The van der Waals surface area contributed by atoms with Crippen LogP contribution in [0.2, 0.25) is 0 Å². The molecule has 0 aliphatic carbocycles. The van der Waals surface area contributed by atoms with Crippen LogP contribution in [0.4, 0.5) is 0 Å². The number of aryl methyl sites for hydroxylation is 1. The van der Waals surface area contributed by atoms with Crippen molar-refractivity contribution >= 4 is 38.3 Å². The quantitative estimate of drug-likeness (QED) is 0.766. The Hall–Kier alpha value is 0.290. The van der Waals surface area contributed by atoms with E-state index in [0.717, 1.165) is 8.66 Å². The smallest absolute Gasteiger partial charge is 0.187 e. The molecule has 0 spiro atoms. The summed E-state index contributed by atoms with van der Waals surface area (Å²) in [6.45, 7) is 1.82. The first-order valence-corrected chi connectivity index (χ1v) is 5.19. The zero-order chi connectivity index (χ0) is 7.72. The standard InChI is InChI=1S/C5H5BrO2S2/c1-3-4(10(7)8)2-5(6)9-3/h2H,1H3,(H,7,8). The highest BCUT2D eigenvalue weighted by atomic mass is 79.9.